The van der Waals surface area contributed by atoms with Crippen molar-refractivity contribution in [2.45, 2.75) is 13.5 Å². The molecule has 1 aromatic carbocycles. The molecule has 114 valence electrons. The van der Waals surface area contributed by atoms with E-state index in [0.717, 1.165) is 12.1 Å². The van der Waals surface area contributed by atoms with Gasteiger partial charge in [0.25, 0.3) is 5.69 Å². The van der Waals surface area contributed by atoms with Gasteiger partial charge in [-0.2, -0.15) is 0 Å². The number of hydrogen-bond acceptors (Lipinski definition) is 5. The highest BCUT2D eigenvalue weighted by Crippen LogP contribution is 2.29. The van der Waals surface area contributed by atoms with Gasteiger partial charge in [0, 0.05) is 25.7 Å². The van der Waals surface area contributed by atoms with Gasteiger partial charge in [-0.3, -0.25) is 19.8 Å². The van der Waals surface area contributed by atoms with Crippen molar-refractivity contribution in [2.75, 3.05) is 20.2 Å². The normalized spacial score (nSPS) is 22.2. The third-order valence-corrected chi connectivity index (χ3v) is 4.48. The smallest absolute Gasteiger partial charge is 0.310 e. The molecule has 2 atom stereocenters. The van der Waals surface area contributed by atoms with Crippen molar-refractivity contribution in [2.24, 2.45) is 11.8 Å². The van der Waals surface area contributed by atoms with Gasteiger partial charge in [0.1, 0.15) is 0 Å². The van der Waals surface area contributed by atoms with Crippen molar-refractivity contribution in [3.05, 3.63) is 38.3 Å². The summed E-state index contributed by atoms with van der Waals surface area (Å²) in [5.74, 6) is -0.0879. The number of nitrogens with zero attached hydrogens (tertiary/aromatic N) is 2. The first-order valence-corrected chi connectivity index (χ1v) is 7.44. The van der Waals surface area contributed by atoms with Gasteiger partial charge in [0.2, 0.25) is 0 Å². The summed E-state index contributed by atoms with van der Waals surface area (Å²) in [6.45, 7) is 4.01. The second kappa shape index (κ2) is 6.53. The molecule has 0 bridgehead atoms. The van der Waals surface area contributed by atoms with E-state index in [9.17, 15) is 14.9 Å². The van der Waals surface area contributed by atoms with E-state index in [2.05, 4.69) is 20.8 Å². The molecule has 1 aromatic rings. The van der Waals surface area contributed by atoms with Crippen LogP contribution in [0.2, 0.25) is 0 Å². The molecule has 6 nitrogen and oxygen atoms in total. The Balaban J connectivity index is 2.08. The Bertz CT molecular complexity index is 564. The van der Waals surface area contributed by atoms with Crippen LogP contribution < -0.4 is 0 Å². The zero-order valence-electron chi connectivity index (χ0n) is 11.9. The number of hydrogen-bond donors (Lipinski definition) is 0. The average molecular weight is 357 g/mol. The molecule has 0 radical (unpaired) electrons. The average Bonchev–Trinajstić information content (AvgIpc) is 2.80. The lowest BCUT2D eigenvalue weighted by atomic mass is 9.99. The van der Waals surface area contributed by atoms with Gasteiger partial charge in [0.05, 0.1) is 22.4 Å². The third-order valence-electron chi connectivity index (χ3n) is 3.81. The zero-order valence-corrected chi connectivity index (χ0v) is 13.5. The van der Waals surface area contributed by atoms with Crippen LogP contribution in [0, 0.1) is 22.0 Å². The van der Waals surface area contributed by atoms with Crippen LogP contribution in [0.4, 0.5) is 5.69 Å². The summed E-state index contributed by atoms with van der Waals surface area (Å²) in [5.41, 5.74) is 0.923. The minimum absolute atomic E-state index is 0.0595. The number of rotatable bonds is 4. The van der Waals surface area contributed by atoms with Gasteiger partial charge < -0.3 is 4.74 Å². The largest absolute Gasteiger partial charge is 0.469 e. The molecule has 2 unspecified atom stereocenters. The molecule has 1 heterocycles. The van der Waals surface area contributed by atoms with Crippen molar-refractivity contribution < 1.29 is 14.5 Å². The number of carbonyl (C=O) groups excluding carboxylic acids is 1. The van der Waals surface area contributed by atoms with Crippen molar-refractivity contribution in [3.8, 4) is 0 Å². The molecule has 7 heteroatoms. The zero-order chi connectivity index (χ0) is 15.6. The molecule has 0 saturated carbocycles. The van der Waals surface area contributed by atoms with Gasteiger partial charge in [-0.05, 0) is 33.5 Å². The van der Waals surface area contributed by atoms with Crippen molar-refractivity contribution in [3.63, 3.8) is 0 Å². The second-order valence-electron chi connectivity index (χ2n) is 5.34. The highest BCUT2D eigenvalue weighted by atomic mass is 79.9. The van der Waals surface area contributed by atoms with Crippen molar-refractivity contribution >= 4 is 27.6 Å². The molecule has 0 N–H and O–H groups in total. The first-order valence-electron chi connectivity index (χ1n) is 6.65. The van der Waals surface area contributed by atoms with Gasteiger partial charge in [0.15, 0.2) is 0 Å². The number of benzene rings is 1. The Morgan fingerprint density at radius 3 is 2.86 bits per heavy atom. The fourth-order valence-corrected chi connectivity index (χ4v) is 3.10. The van der Waals surface area contributed by atoms with E-state index in [1.807, 2.05) is 13.0 Å². The maximum absolute atomic E-state index is 11.7. The van der Waals surface area contributed by atoms with E-state index in [-0.39, 0.29) is 23.5 Å². The van der Waals surface area contributed by atoms with Gasteiger partial charge in [-0.15, -0.1) is 0 Å². The van der Waals surface area contributed by atoms with E-state index < -0.39 is 4.92 Å². The maximum atomic E-state index is 11.7. The summed E-state index contributed by atoms with van der Waals surface area (Å²) in [5, 5.41) is 10.9. The fraction of sp³-hybridized carbons (Fsp3) is 0.500. The standard InChI is InChI=1S/C14H17BrN2O4/c1-9-6-16(8-11(9)14(18)21-2)7-10-3-4-12(15)13(5-10)17(19)20/h3-5,9,11H,6-8H2,1-2H3. The molecular weight excluding hydrogens is 340 g/mol. The number of likely N-dealkylation sites (tertiary alicyclic amines) is 1. The van der Waals surface area contributed by atoms with E-state index in [1.54, 1.807) is 12.1 Å². The number of nitro groups is 1. The molecule has 0 aromatic heterocycles. The second-order valence-corrected chi connectivity index (χ2v) is 6.20. The van der Waals surface area contributed by atoms with Crippen molar-refractivity contribution in [1.29, 1.82) is 0 Å². The predicted octanol–water partition coefficient (Wildman–Crippen LogP) is 2.60. The monoisotopic (exact) mass is 356 g/mol. The lowest BCUT2D eigenvalue weighted by Gasteiger charge is -2.15. The molecule has 0 amide bonds. The number of halogens is 1. The van der Waals surface area contributed by atoms with E-state index >= 15 is 0 Å². The Morgan fingerprint density at radius 1 is 1.52 bits per heavy atom. The van der Waals surface area contributed by atoms with E-state index in [0.29, 0.717) is 17.6 Å². The van der Waals surface area contributed by atoms with Crippen LogP contribution in [-0.4, -0.2) is 36.0 Å². The summed E-state index contributed by atoms with van der Waals surface area (Å²) in [6.07, 6.45) is 0. The molecule has 0 spiro atoms. The SMILES string of the molecule is COC(=O)C1CN(Cc2ccc(Br)c([N+](=O)[O-])c2)CC1C. The first kappa shape index (κ1) is 15.9. The first-order chi connectivity index (χ1) is 9.92. The summed E-state index contributed by atoms with van der Waals surface area (Å²) < 4.78 is 5.28. The molecule has 1 fully saturated rings. The maximum Gasteiger partial charge on any atom is 0.310 e. The Labute approximate surface area is 131 Å². The highest BCUT2D eigenvalue weighted by Gasteiger charge is 2.35. The van der Waals surface area contributed by atoms with Gasteiger partial charge in [-0.1, -0.05) is 13.0 Å². The molecule has 1 saturated heterocycles. The number of ether oxygens (including phenoxy) is 1. The summed E-state index contributed by atoms with van der Waals surface area (Å²) in [6, 6.07) is 5.11. The molecule has 2 rings (SSSR count). The van der Waals surface area contributed by atoms with Crippen LogP contribution in [0.3, 0.4) is 0 Å². The summed E-state index contributed by atoms with van der Waals surface area (Å²) in [4.78, 5) is 24.3. The minimum atomic E-state index is -0.405. The van der Waals surface area contributed by atoms with Crippen LogP contribution in [-0.2, 0) is 16.1 Å². The quantitative estimate of drug-likeness (QED) is 0.471. The van der Waals surface area contributed by atoms with Gasteiger partial charge >= 0.3 is 5.97 Å². The van der Waals surface area contributed by atoms with Gasteiger partial charge in [-0.25, -0.2) is 0 Å². The van der Waals surface area contributed by atoms with Crippen LogP contribution in [0.5, 0.6) is 0 Å². The highest BCUT2D eigenvalue weighted by molar-refractivity contribution is 9.10. The number of carbonyl (C=O) groups is 1. The molecule has 1 aliphatic heterocycles. The minimum Gasteiger partial charge on any atom is -0.469 e. The topological polar surface area (TPSA) is 72.7 Å². The summed E-state index contributed by atoms with van der Waals surface area (Å²) >= 11 is 3.17. The fourth-order valence-electron chi connectivity index (χ4n) is 2.71. The number of nitro benzene ring substituents is 1. The molecule has 0 aliphatic carbocycles. The summed E-state index contributed by atoms with van der Waals surface area (Å²) in [7, 11) is 1.40. The molecule has 21 heavy (non-hydrogen) atoms. The molecular formula is C14H17BrN2O4. The number of esters is 1. The lowest BCUT2D eigenvalue weighted by Crippen LogP contribution is -2.24. The van der Waals surface area contributed by atoms with Crippen LogP contribution >= 0.6 is 15.9 Å². The Morgan fingerprint density at radius 2 is 2.24 bits per heavy atom. The Hall–Kier alpha value is -1.47. The Kier molecular flexibility index (Phi) is 4.95. The van der Waals surface area contributed by atoms with E-state index in [1.165, 1.54) is 7.11 Å². The lowest BCUT2D eigenvalue weighted by molar-refractivity contribution is -0.385. The van der Waals surface area contributed by atoms with E-state index in [4.69, 9.17) is 4.74 Å². The third kappa shape index (κ3) is 3.59. The predicted molar refractivity (Wildman–Crippen MR) is 80.7 cm³/mol. The van der Waals surface area contributed by atoms with Crippen molar-refractivity contribution in [1.82, 2.24) is 4.90 Å². The molecule has 1 aliphatic rings. The van der Waals surface area contributed by atoms with Crippen LogP contribution in [0.15, 0.2) is 22.7 Å². The van der Waals surface area contributed by atoms with Crippen LogP contribution in [0.25, 0.3) is 0 Å². The number of methoxy groups -OCH3 is 1. The van der Waals surface area contributed by atoms with Crippen LogP contribution in [0.1, 0.15) is 12.5 Å².